The van der Waals surface area contributed by atoms with Crippen LogP contribution in [0.1, 0.15) is 42.6 Å². The fourth-order valence-corrected chi connectivity index (χ4v) is 3.66. The topological polar surface area (TPSA) is 61.4 Å². The lowest BCUT2D eigenvalue weighted by atomic mass is 10.1. The second kappa shape index (κ2) is 7.72. The first-order valence-electron chi connectivity index (χ1n) is 9.55. The van der Waals surface area contributed by atoms with Crippen molar-refractivity contribution in [2.75, 3.05) is 41.3 Å². The monoisotopic (exact) mass is 351 g/mol. The summed E-state index contributed by atoms with van der Waals surface area (Å²) in [5, 5.41) is 11.3. The molecule has 26 heavy (non-hydrogen) atoms. The van der Waals surface area contributed by atoms with E-state index < -0.39 is 0 Å². The molecule has 1 aromatic heterocycles. The van der Waals surface area contributed by atoms with Gasteiger partial charge in [0.15, 0.2) is 11.5 Å². The Hall–Kier alpha value is -2.63. The quantitative estimate of drug-likeness (QED) is 0.916. The van der Waals surface area contributed by atoms with Gasteiger partial charge in [-0.25, -0.2) is 0 Å². The minimum absolute atomic E-state index is 0.225. The Morgan fingerprint density at radius 3 is 2.08 bits per heavy atom. The van der Waals surface area contributed by atoms with Crippen molar-refractivity contribution in [3.63, 3.8) is 0 Å². The number of nitrogens with one attached hydrogen (secondary N) is 1. The van der Waals surface area contributed by atoms with E-state index in [1.807, 2.05) is 18.2 Å². The molecule has 2 aromatic rings. The van der Waals surface area contributed by atoms with Gasteiger partial charge in [-0.3, -0.25) is 4.79 Å². The lowest BCUT2D eigenvalue weighted by Gasteiger charge is -2.27. The Labute approximate surface area is 154 Å². The fraction of sp³-hybridized carbons (Fsp3) is 0.450. The summed E-state index contributed by atoms with van der Waals surface area (Å²) in [6.45, 7) is 4.27. The summed E-state index contributed by atoms with van der Waals surface area (Å²) in [6, 6.07) is 11.7. The third-order valence-electron chi connectivity index (χ3n) is 5.16. The van der Waals surface area contributed by atoms with E-state index in [1.165, 1.54) is 37.8 Å². The SMILES string of the molecule is O=C(Nc1ccc(N2CCCC2)cc1)c1ccc(N2CCCCC2)nn1. The molecule has 1 amide bonds. The van der Waals surface area contributed by atoms with Gasteiger partial charge in [-0.05, 0) is 68.5 Å². The summed E-state index contributed by atoms with van der Waals surface area (Å²) >= 11 is 0. The van der Waals surface area contributed by atoms with E-state index in [-0.39, 0.29) is 5.91 Å². The zero-order valence-corrected chi connectivity index (χ0v) is 15.0. The van der Waals surface area contributed by atoms with Crippen molar-refractivity contribution < 1.29 is 4.79 Å². The Bertz CT molecular complexity index is 732. The van der Waals surface area contributed by atoms with Crippen LogP contribution in [-0.2, 0) is 0 Å². The molecule has 136 valence electrons. The van der Waals surface area contributed by atoms with Crippen molar-refractivity contribution >= 4 is 23.1 Å². The Morgan fingerprint density at radius 1 is 0.769 bits per heavy atom. The van der Waals surface area contributed by atoms with Gasteiger partial charge in [0.2, 0.25) is 0 Å². The van der Waals surface area contributed by atoms with Crippen LogP contribution in [0.5, 0.6) is 0 Å². The predicted octanol–water partition coefficient (Wildman–Crippen LogP) is 3.32. The standard InChI is InChI=1S/C20H25N5O/c26-20(18-10-11-19(23-22-18)25-14-2-1-3-15-25)21-16-6-8-17(9-7-16)24-12-4-5-13-24/h6-11H,1-5,12-15H2,(H,21,26). The van der Waals surface area contributed by atoms with Gasteiger partial charge < -0.3 is 15.1 Å². The lowest BCUT2D eigenvalue weighted by Crippen LogP contribution is -2.30. The Morgan fingerprint density at radius 2 is 1.42 bits per heavy atom. The summed E-state index contributed by atoms with van der Waals surface area (Å²) in [5.74, 6) is 0.632. The van der Waals surface area contributed by atoms with Crippen LogP contribution >= 0.6 is 0 Å². The highest BCUT2D eigenvalue weighted by Gasteiger charge is 2.15. The zero-order chi connectivity index (χ0) is 17.8. The van der Waals surface area contributed by atoms with Crippen molar-refractivity contribution in [1.29, 1.82) is 0 Å². The van der Waals surface area contributed by atoms with E-state index in [1.54, 1.807) is 6.07 Å². The summed E-state index contributed by atoms with van der Waals surface area (Å²) in [6.07, 6.45) is 6.17. The van der Waals surface area contributed by atoms with Crippen molar-refractivity contribution in [3.8, 4) is 0 Å². The minimum Gasteiger partial charge on any atom is -0.372 e. The number of carbonyl (C=O) groups excluding carboxylic acids is 1. The molecule has 0 saturated carbocycles. The van der Waals surface area contributed by atoms with Crippen LogP contribution < -0.4 is 15.1 Å². The molecule has 0 atom stereocenters. The number of hydrogen-bond acceptors (Lipinski definition) is 5. The molecule has 2 aliphatic rings. The molecule has 0 unspecified atom stereocenters. The number of anilines is 3. The number of aromatic nitrogens is 2. The Balaban J connectivity index is 1.38. The molecule has 0 bridgehead atoms. The van der Waals surface area contributed by atoms with Crippen LogP contribution in [0.15, 0.2) is 36.4 Å². The van der Waals surface area contributed by atoms with E-state index in [0.29, 0.717) is 5.69 Å². The summed E-state index contributed by atoms with van der Waals surface area (Å²) < 4.78 is 0. The lowest BCUT2D eigenvalue weighted by molar-refractivity contribution is 0.102. The average molecular weight is 351 g/mol. The molecule has 6 nitrogen and oxygen atoms in total. The molecular formula is C20H25N5O. The second-order valence-electron chi connectivity index (χ2n) is 7.02. The molecule has 2 aliphatic heterocycles. The van der Waals surface area contributed by atoms with Crippen LogP contribution in [-0.4, -0.2) is 42.3 Å². The number of hydrogen-bond donors (Lipinski definition) is 1. The zero-order valence-electron chi connectivity index (χ0n) is 15.0. The molecule has 6 heteroatoms. The van der Waals surface area contributed by atoms with E-state index in [4.69, 9.17) is 0 Å². The van der Waals surface area contributed by atoms with Gasteiger partial charge in [0.25, 0.3) is 5.91 Å². The van der Waals surface area contributed by atoms with Gasteiger partial charge in [-0.2, -0.15) is 0 Å². The smallest absolute Gasteiger partial charge is 0.276 e. The van der Waals surface area contributed by atoms with Crippen molar-refractivity contribution in [3.05, 3.63) is 42.1 Å². The van der Waals surface area contributed by atoms with Gasteiger partial charge in [-0.15, -0.1) is 10.2 Å². The summed E-state index contributed by atoms with van der Waals surface area (Å²) in [5.41, 5.74) is 2.33. The van der Waals surface area contributed by atoms with Gasteiger partial charge >= 0.3 is 0 Å². The van der Waals surface area contributed by atoms with Gasteiger partial charge in [0, 0.05) is 37.6 Å². The van der Waals surface area contributed by atoms with Crippen LogP contribution in [0.3, 0.4) is 0 Å². The highest BCUT2D eigenvalue weighted by molar-refractivity contribution is 6.02. The maximum Gasteiger partial charge on any atom is 0.276 e. The molecule has 0 aliphatic carbocycles. The van der Waals surface area contributed by atoms with Gasteiger partial charge in [-0.1, -0.05) is 0 Å². The maximum absolute atomic E-state index is 12.4. The van der Waals surface area contributed by atoms with Crippen molar-refractivity contribution in [2.24, 2.45) is 0 Å². The van der Waals surface area contributed by atoms with E-state index >= 15 is 0 Å². The second-order valence-corrected chi connectivity index (χ2v) is 7.02. The summed E-state index contributed by atoms with van der Waals surface area (Å²) in [7, 11) is 0. The fourth-order valence-electron chi connectivity index (χ4n) is 3.66. The average Bonchev–Trinajstić information content (AvgIpc) is 3.24. The van der Waals surface area contributed by atoms with Crippen molar-refractivity contribution in [1.82, 2.24) is 10.2 Å². The molecule has 4 rings (SSSR count). The van der Waals surface area contributed by atoms with Crippen molar-refractivity contribution in [2.45, 2.75) is 32.1 Å². The number of benzene rings is 1. The number of piperidine rings is 1. The third-order valence-corrected chi connectivity index (χ3v) is 5.16. The molecule has 3 heterocycles. The largest absolute Gasteiger partial charge is 0.372 e. The van der Waals surface area contributed by atoms with Gasteiger partial charge in [0.05, 0.1) is 0 Å². The molecule has 0 radical (unpaired) electrons. The van der Waals surface area contributed by atoms with E-state index in [0.717, 1.165) is 37.7 Å². The molecular weight excluding hydrogens is 326 g/mol. The maximum atomic E-state index is 12.4. The predicted molar refractivity (Wildman–Crippen MR) is 104 cm³/mol. The van der Waals surface area contributed by atoms with Crippen LogP contribution in [0.2, 0.25) is 0 Å². The number of amides is 1. The molecule has 2 fully saturated rings. The first-order chi connectivity index (χ1) is 12.8. The third kappa shape index (κ3) is 3.79. The van der Waals surface area contributed by atoms with Crippen LogP contribution in [0.4, 0.5) is 17.2 Å². The van der Waals surface area contributed by atoms with E-state index in [9.17, 15) is 4.79 Å². The van der Waals surface area contributed by atoms with E-state index in [2.05, 4.69) is 37.4 Å². The van der Waals surface area contributed by atoms with Gasteiger partial charge in [0.1, 0.15) is 0 Å². The first kappa shape index (κ1) is 16.8. The summed E-state index contributed by atoms with van der Waals surface area (Å²) in [4.78, 5) is 17.0. The molecule has 1 aromatic carbocycles. The number of nitrogens with zero attached hydrogens (tertiary/aromatic N) is 4. The minimum atomic E-state index is -0.225. The number of rotatable bonds is 4. The first-order valence-corrected chi connectivity index (χ1v) is 9.55. The number of carbonyl (C=O) groups is 1. The highest BCUT2D eigenvalue weighted by atomic mass is 16.1. The molecule has 2 saturated heterocycles. The Kier molecular flexibility index (Phi) is 5.00. The normalized spacial score (nSPS) is 17.4. The molecule has 0 spiro atoms. The highest BCUT2D eigenvalue weighted by Crippen LogP contribution is 2.22. The molecule has 1 N–H and O–H groups in total. The van der Waals surface area contributed by atoms with Crippen LogP contribution in [0, 0.1) is 0 Å². The van der Waals surface area contributed by atoms with Crippen LogP contribution in [0.25, 0.3) is 0 Å².